The second-order valence-corrected chi connectivity index (χ2v) is 9.04. The van der Waals surface area contributed by atoms with E-state index in [4.69, 9.17) is 0 Å². The molecule has 0 unspecified atom stereocenters. The molecule has 0 aromatic rings. The number of ketones is 1. The summed E-state index contributed by atoms with van der Waals surface area (Å²) in [6, 6.07) is 0. The van der Waals surface area contributed by atoms with Crippen molar-refractivity contribution in [2.24, 2.45) is 0 Å². The van der Waals surface area contributed by atoms with Crippen LogP contribution in [-0.4, -0.2) is 13.9 Å². The van der Waals surface area contributed by atoms with Gasteiger partial charge in [-0.1, -0.05) is 30.9 Å². The zero-order chi connectivity index (χ0) is 7.78. The van der Waals surface area contributed by atoms with Gasteiger partial charge in [0.05, 0.1) is 8.07 Å². The summed E-state index contributed by atoms with van der Waals surface area (Å²) in [4.78, 5) is 10.9. The number of hydrogen-bond donors (Lipinski definition) is 0. The highest BCUT2D eigenvalue weighted by Crippen LogP contribution is 2.24. The number of carbonyl (C=O) groups is 1. The molecule has 0 amide bonds. The monoisotopic (exact) mass is 154 g/mol. The molecule has 0 bridgehead atoms. The van der Waals surface area contributed by atoms with E-state index in [1.165, 1.54) is 5.20 Å². The third-order valence-corrected chi connectivity index (χ3v) is 4.23. The van der Waals surface area contributed by atoms with Crippen LogP contribution in [0, 0.1) is 0 Å². The number of allylic oxidation sites excluding steroid dienone is 2. The quantitative estimate of drug-likeness (QED) is 0.529. The standard InChI is InChI=1S/C8H14OSi/c1-10(2,3)8-5-4-7(9)6-8/h5H,4,6H2,1-3H3. The first kappa shape index (κ1) is 7.73. The van der Waals surface area contributed by atoms with E-state index in [0.29, 0.717) is 12.2 Å². The number of carbonyl (C=O) groups excluding carboxylic acids is 1. The van der Waals surface area contributed by atoms with Crippen molar-refractivity contribution in [3.05, 3.63) is 11.3 Å². The Balaban J connectivity index is 2.69. The van der Waals surface area contributed by atoms with Crippen LogP contribution in [0.3, 0.4) is 0 Å². The van der Waals surface area contributed by atoms with Gasteiger partial charge in [-0.2, -0.15) is 0 Å². The smallest absolute Gasteiger partial charge is 0.140 e. The van der Waals surface area contributed by atoms with Crippen LogP contribution in [-0.2, 0) is 4.79 Å². The van der Waals surface area contributed by atoms with E-state index in [1.54, 1.807) is 0 Å². The fourth-order valence-corrected chi connectivity index (χ4v) is 2.61. The lowest BCUT2D eigenvalue weighted by molar-refractivity contribution is -0.116. The van der Waals surface area contributed by atoms with Crippen molar-refractivity contribution in [1.82, 2.24) is 0 Å². The highest BCUT2D eigenvalue weighted by Gasteiger charge is 2.24. The highest BCUT2D eigenvalue weighted by molar-refractivity contribution is 6.83. The molecule has 1 nitrogen and oxygen atoms in total. The fourth-order valence-electron chi connectivity index (χ4n) is 1.17. The van der Waals surface area contributed by atoms with Gasteiger partial charge >= 0.3 is 0 Å². The third kappa shape index (κ3) is 1.57. The zero-order valence-corrected chi connectivity index (χ0v) is 7.90. The minimum atomic E-state index is -1.13. The van der Waals surface area contributed by atoms with Crippen LogP contribution < -0.4 is 0 Å². The first-order valence-electron chi connectivity index (χ1n) is 3.71. The van der Waals surface area contributed by atoms with Crippen molar-refractivity contribution in [1.29, 1.82) is 0 Å². The van der Waals surface area contributed by atoms with Crippen molar-refractivity contribution in [3.8, 4) is 0 Å². The summed E-state index contributed by atoms with van der Waals surface area (Å²) in [6.45, 7) is 6.87. The van der Waals surface area contributed by atoms with E-state index in [2.05, 4.69) is 25.7 Å². The Labute approximate surface area is 63.1 Å². The lowest BCUT2D eigenvalue weighted by atomic mass is 10.3. The number of hydrogen-bond acceptors (Lipinski definition) is 1. The Bertz CT molecular complexity index is 186. The lowest BCUT2D eigenvalue weighted by Gasteiger charge is -2.16. The van der Waals surface area contributed by atoms with Gasteiger partial charge in [0.15, 0.2) is 0 Å². The molecule has 56 valence electrons. The molecule has 0 saturated carbocycles. The van der Waals surface area contributed by atoms with E-state index in [-0.39, 0.29) is 0 Å². The van der Waals surface area contributed by atoms with E-state index in [1.807, 2.05) is 0 Å². The van der Waals surface area contributed by atoms with Crippen molar-refractivity contribution >= 4 is 13.9 Å². The predicted molar refractivity (Wildman–Crippen MR) is 45.7 cm³/mol. The van der Waals surface area contributed by atoms with Crippen molar-refractivity contribution in [3.63, 3.8) is 0 Å². The molecular weight excluding hydrogens is 140 g/mol. The van der Waals surface area contributed by atoms with Crippen LogP contribution >= 0.6 is 0 Å². The summed E-state index contributed by atoms with van der Waals surface area (Å²) in [5, 5.41) is 1.44. The van der Waals surface area contributed by atoms with Crippen LogP contribution in [0.2, 0.25) is 19.6 Å². The molecule has 0 saturated heterocycles. The summed E-state index contributed by atoms with van der Waals surface area (Å²) >= 11 is 0. The Kier molecular flexibility index (Phi) is 1.81. The van der Waals surface area contributed by atoms with Crippen LogP contribution in [0.4, 0.5) is 0 Å². The van der Waals surface area contributed by atoms with Gasteiger partial charge in [0.25, 0.3) is 0 Å². The van der Waals surface area contributed by atoms with E-state index >= 15 is 0 Å². The molecule has 1 rings (SSSR count). The number of Topliss-reactive ketones (excluding diaryl/α,β-unsaturated/α-hetero) is 1. The predicted octanol–water partition coefficient (Wildman–Crippen LogP) is 2.15. The average Bonchev–Trinajstić information content (AvgIpc) is 2.11. The molecule has 0 aromatic heterocycles. The van der Waals surface area contributed by atoms with Gasteiger partial charge in [-0.25, -0.2) is 0 Å². The molecule has 1 aliphatic rings. The highest BCUT2D eigenvalue weighted by atomic mass is 28.3. The van der Waals surface area contributed by atoms with E-state index in [0.717, 1.165) is 6.42 Å². The average molecular weight is 154 g/mol. The normalized spacial score (nSPS) is 19.5. The summed E-state index contributed by atoms with van der Waals surface area (Å²) in [5.74, 6) is 0.400. The number of rotatable bonds is 1. The van der Waals surface area contributed by atoms with Crippen molar-refractivity contribution < 1.29 is 4.79 Å². The summed E-state index contributed by atoms with van der Waals surface area (Å²) in [6.07, 6.45) is 3.57. The molecule has 0 aromatic carbocycles. The van der Waals surface area contributed by atoms with Crippen LogP contribution in [0.25, 0.3) is 0 Å². The molecule has 0 N–H and O–H groups in total. The minimum Gasteiger partial charge on any atom is -0.299 e. The maximum absolute atomic E-state index is 10.9. The largest absolute Gasteiger partial charge is 0.299 e. The molecule has 0 spiro atoms. The van der Waals surface area contributed by atoms with Gasteiger partial charge in [0.2, 0.25) is 0 Å². The minimum absolute atomic E-state index is 0.400. The molecule has 0 heterocycles. The van der Waals surface area contributed by atoms with Gasteiger partial charge in [-0.3, -0.25) is 4.79 Å². The third-order valence-electron chi connectivity index (χ3n) is 1.93. The topological polar surface area (TPSA) is 17.1 Å². The molecule has 2 heteroatoms. The fraction of sp³-hybridized carbons (Fsp3) is 0.625. The molecular formula is C8H14OSi. The molecule has 0 atom stereocenters. The van der Waals surface area contributed by atoms with Gasteiger partial charge in [0, 0.05) is 12.8 Å². The Morgan fingerprint density at radius 1 is 1.40 bits per heavy atom. The van der Waals surface area contributed by atoms with E-state index in [9.17, 15) is 4.79 Å². The molecule has 0 aliphatic heterocycles. The molecule has 10 heavy (non-hydrogen) atoms. The molecule has 0 radical (unpaired) electrons. The first-order valence-corrected chi connectivity index (χ1v) is 7.21. The Hall–Kier alpha value is -0.373. The van der Waals surface area contributed by atoms with Crippen molar-refractivity contribution in [2.45, 2.75) is 32.5 Å². The second-order valence-electron chi connectivity index (χ2n) is 3.90. The Morgan fingerprint density at radius 3 is 2.20 bits per heavy atom. The SMILES string of the molecule is C[Si](C)(C)C1=CCC(=O)C1. The van der Waals surface area contributed by atoms with Gasteiger partial charge in [-0.05, 0) is 0 Å². The zero-order valence-electron chi connectivity index (χ0n) is 6.90. The molecule has 1 aliphatic carbocycles. The van der Waals surface area contributed by atoms with Crippen LogP contribution in [0.5, 0.6) is 0 Å². The Morgan fingerprint density at radius 2 is 2.00 bits per heavy atom. The van der Waals surface area contributed by atoms with Crippen LogP contribution in [0.15, 0.2) is 11.3 Å². The maximum atomic E-state index is 10.9. The van der Waals surface area contributed by atoms with Crippen LogP contribution in [0.1, 0.15) is 12.8 Å². The summed E-state index contributed by atoms with van der Waals surface area (Å²) in [7, 11) is -1.13. The first-order chi connectivity index (χ1) is 4.50. The lowest BCUT2D eigenvalue weighted by Crippen LogP contribution is -2.23. The maximum Gasteiger partial charge on any atom is 0.140 e. The molecule has 0 fully saturated rings. The van der Waals surface area contributed by atoms with Crippen molar-refractivity contribution in [2.75, 3.05) is 0 Å². The second kappa shape index (κ2) is 2.35. The van der Waals surface area contributed by atoms with E-state index < -0.39 is 8.07 Å². The summed E-state index contributed by atoms with van der Waals surface area (Å²) in [5.41, 5.74) is 0. The van der Waals surface area contributed by atoms with Gasteiger partial charge in [0.1, 0.15) is 5.78 Å². The summed E-state index contributed by atoms with van der Waals surface area (Å²) < 4.78 is 0. The van der Waals surface area contributed by atoms with Gasteiger partial charge < -0.3 is 0 Å². The van der Waals surface area contributed by atoms with Gasteiger partial charge in [-0.15, -0.1) is 0 Å².